The molecule has 0 amide bonds. The molecule has 20 heavy (non-hydrogen) atoms. The summed E-state index contributed by atoms with van der Waals surface area (Å²) in [5.41, 5.74) is 8.78. The van der Waals surface area contributed by atoms with Gasteiger partial charge in [-0.1, -0.05) is 17.7 Å². The van der Waals surface area contributed by atoms with Gasteiger partial charge in [-0.25, -0.2) is 0 Å². The molecule has 0 unspecified atom stereocenters. The van der Waals surface area contributed by atoms with Crippen LogP contribution in [0.3, 0.4) is 0 Å². The van der Waals surface area contributed by atoms with Crippen molar-refractivity contribution in [2.45, 2.75) is 20.8 Å². The molecule has 2 aromatic rings. The first-order chi connectivity index (χ1) is 9.65. The van der Waals surface area contributed by atoms with E-state index in [1.807, 2.05) is 19.1 Å². The molecule has 1 aromatic heterocycles. The van der Waals surface area contributed by atoms with Crippen molar-refractivity contribution in [2.75, 3.05) is 23.8 Å². The van der Waals surface area contributed by atoms with Gasteiger partial charge in [0, 0.05) is 12.2 Å². The predicted octanol–water partition coefficient (Wildman–Crippen LogP) is 3.53. The number of benzene rings is 1. The highest BCUT2D eigenvalue weighted by Gasteiger charge is 2.11. The third-order valence-electron chi connectivity index (χ3n) is 3.09. The highest BCUT2D eigenvalue weighted by molar-refractivity contribution is 5.63. The lowest BCUT2D eigenvalue weighted by molar-refractivity contribution is 0.329. The van der Waals surface area contributed by atoms with Gasteiger partial charge >= 0.3 is 0 Å². The fourth-order valence-electron chi connectivity index (χ4n) is 2.05. The molecule has 1 aromatic carbocycles. The summed E-state index contributed by atoms with van der Waals surface area (Å²) in [7, 11) is 0. The van der Waals surface area contributed by atoms with Gasteiger partial charge in [-0.15, -0.1) is 0 Å². The zero-order chi connectivity index (χ0) is 14.5. The van der Waals surface area contributed by atoms with E-state index in [-0.39, 0.29) is 0 Å². The van der Waals surface area contributed by atoms with Crippen LogP contribution in [0.4, 0.5) is 17.2 Å². The number of nitrogens with two attached hydrogens (primary N) is 1. The van der Waals surface area contributed by atoms with Crippen molar-refractivity contribution in [2.24, 2.45) is 0 Å². The average molecular weight is 271 g/mol. The number of nitrogens with zero attached hydrogens (tertiary/aromatic N) is 2. The average Bonchev–Trinajstić information content (AvgIpc) is 2.45. The highest BCUT2D eigenvalue weighted by Crippen LogP contribution is 2.28. The largest absolute Gasteiger partial charge is 0.476 e. The molecular weight excluding hydrogens is 250 g/mol. The summed E-state index contributed by atoms with van der Waals surface area (Å²) < 4.78 is 5.46. The second-order valence-corrected chi connectivity index (χ2v) is 4.58. The van der Waals surface area contributed by atoms with Crippen LogP contribution < -0.4 is 15.4 Å². The lowest BCUT2D eigenvalue weighted by atomic mass is 10.2. The maximum Gasteiger partial charge on any atom is 0.239 e. The summed E-state index contributed by atoms with van der Waals surface area (Å²) in [6, 6.07) is 12.1. The Bertz CT molecular complexity index is 566. The molecule has 0 aliphatic rings. The van der Waals surface area contributed by atoms with E-state index in [4.69, 9.17) is 10.5 Å². The summed E-state index contributed by atoms with van der Waals surface area (Å²) in [5.74, 6) is 1.34. The molecule has 0 aliphatic carbocycles. The van der Waals surface area contributed by atoms with Gasteiger partial charge in [-0.05, 0) is 45.0 Å². The standard InChI is InChI=1S/C16H21N3O/c1-4-19(13-8-6-12(3)7-9-13)15-11-10-14(17)16(18-15)20-5-2/h6-11H,4-5,17H2,1-3H3. The number of anilines is 3. The van der Waals surface area contributed by atoms with Crippen LogP contribution in [0.2, 0.25) is 0 Å². The first kappa shape index (κ1) is 14.2. The Labute approximate surface area is 120 Å². The van der Waals surface area contributed by atoms with Crippen molar-refractivity contribution in [1.29, 1.82) is 0 Å². The molecule has 0 bridgehead atoms. The van der Waals surface area contributed by atoms with Crippen molar-refractivity contribution in [3.05, 3.63) is 42.0 Å². The monoisotopic (exact) mass is 271 g/mol. The zero-order valence-electron chi connectivity index (χ0n) is 12.3. The molecule has 0 aliphatic heterocycles. The predicted molar refractivity (Wildman–Crippen MR) is 83.7 cm³/mol. The van der Waals surface area contributed by atoms with Crippen LogP contribution >= 0.6 is 0 Å². The molecule has 0 saturated carbocycles. The third kappa shape index (κ3) is 3.02. The number of ether oxygens (including phenoxy) is 1. The number of rotatable bonds is 5. The number of pyridine rings is 1. The lowest BCUT2D eigenvalue weighted by Crippen LogP contribution is -2.17. The molecule has 2 N–H and O–H groups in total. The first-order valence-corrected chi connectivity index (χ1v) is 6.89. The Morgan fingerprint density at radius 1 is 1.10 bits per heavy atom. The van der Waals surface area contributed by atoms with Gasteiger partial charge in [-0.2, -0.15) is 4.98 Å². The van der Waals surface area contributed by atoms with E-state index >= 15 is 0 Å². The van der Waals surface area contributed by atoms with Crippen LogP contribution in [0.25, 0.3) is 0 Å². The fourth-order valence-corrected chi connectivity index (χ4v) is 2.05. The molecule has 0 spiro atoms. The topological polar surface area (TPSA) is 51.4 Å². The molecule has 106 valence electrons. The van der Waals surface area contributed by atoms with E-state index in [9.17, 15) is 0 Å². The van der Waals surface area contributed by atoms with Crippen LogP contribution in [-0.4, -0.2) is 18.1 Å². The molecule has 0 saturated heterocycles. The number of aryl methyl sites for hydroxylation is 1. The van der Waals surface area contributed by atoms with Crippen molar-refractivity contribution in [3.8, 4) is 5.88 Å². The number of aromatic nitrogens is 1. The van der Waals surface area contributed by atoms with E-state index < -0.39 is 0 Å². The van der Waals surface area contributed by atoms with E-state index in [0.717, 1.165) is 18.1 Å². The molecule has 4 nitrogen and oxygen atoms in total. The van der Waals surface area contributed by atoms with E-state index in [1.165, 1.54) is 5.56 Å². The molecule has 2 rings (SSSR count). The Balaban J connectivity index is 2.36. The Morgan fingerprint density at radius 3 is 2.40 bits per heavy atom. The molecule has 1 heterocycles. The summed E-state index contributed by atoms with van der Waals surface area (Å²) >= 11 is 0. The number of nitrogen functional groups attached to an aromatic ring is 1. The van der Waals surface area contributed by atoms with Gasteiger partial charge in [0.1, 0.15) is 5.82 Å². The third-order valence-corrected chi connectivity index (χ3v) is 3.09. The second kappa shape index (κ2) is 6.28. The highest BCUT2D eigenvalue weighted by atomic mass is 16.5. The maximum absolute atomic E-state index is 5.87. The fraction of sp³-hybridized carbons (Fsp3) is 0.312. The summed E-state index contributed by atoms with van der Waals surface area (Å²) in [5, 5.41) is 0. The van der Waals surface area contributed by atoms with Crippen LogP contribution in [-0.2, 0) is 0 Å². The van der Waals surface area contributed by atoms with Crippen molar-refractivity contribution in [1.82, 2.24) is 4.98 Å². The van der Waals surface area contributed by atoms with E-state index in [0.29, 0.717) is 18.2 Å². The lowest BCUT2D eigenvalue weighted by Gasteiger charge is -2.23. The molecule has 0 radical (unpaired) electrons. The molecule has 0 fully saturated rings. The van der Waals surface area contributed by atoms with Gasteiger partial charge in [0.15, 0.2) is 0 Å². The van der Waals surface area contributed by atoms with Crippen LogP contribution in [0, 0.1) is 6.92 Å². The Hall–Kier alpha value is -2.23. The van der Waals surface area contributed by atoms with Gasteiger partial charge in [0.2, 0.25) is 5.88 Å². The number of hydrogen-bond donors (Lipinski definition) is 1. The molecule has 4 heteroatoms. The summed E-state index contributed by atoms with van der Waals surface area (Å²) in [6.07, 6.45) is 0. The van der Waals surface area contributed by atoms with Gasteiger partial charge in [-0.3, -0.25) is 0 Å². The van der Waals surface area contributed by atoms with E-state index in [2.05, 4.69) is 48.0 Å². The summed E-state index contributed by atoms with van der Waals surface area (Å²) in [4.78, 5) is 6.64. The minimum Gasteiger partial charge on any atom is -0.476 e. The normalized spacial score (nSPS) is 10.3. The minimum absolute atomic E-state index is 0.496. The Kier molecular flexibility index (Phi) is 4.45. The van der Waals surface area contributed by atoms with Crippen molar-refractivity contribution < 1.29 is 4.74 Å². The first-order valence-electron chi connectivity index (χ1n) is 6.89. The van der Waals surface area contributed by atoms with E-state index in [1.54, 1.807) is 0 Å². The Morgan fingerprint density at radius 2 is 1.80 bits per heavy atom. The van der Waals surface area contributed by atoms with Crippen LogP contribution in [0.15, 0.2) is 36.4 Å². The van der Waals surface area contributed by atoms with Crippen LogP contribution in [0.5, 0.6) is 5.88 Å². The zero-order valence-corrected chi connectivity index (χ0v) is 12.3. The molecule has 0 atom stereocenters. The smallest absolute Gasteiger partial charge is 0.239 e. The number of hydrogen-bond acceptors (Lipinski definition) is 4. The van der Waals surface area contributed by atoms with Gasteiger partial charge in [0.25, 0.3) is 0 Å². The van der Waals surface area contributed by atoms with Crippen molar-refractivity contribution >= 4 is 17.2 Å². The minimum atomic E-state index is 0.496. The quantitative estimate of drug-likeness (QED) is 0.904. The van der Waals surface area contributed by atoms with Gasteiger partial charge in [0.05, 0.1) is 12.3 Å². The van der Waals surface area contributed by atoms with Crippen molar-refractivity contribution in [3.63, 3.8) is 0 Å². The summed E-state index contributed by atoms with van der Waals surface area (Å²) in [6.45, 7) is 7.47. The second-order valence-electron chi connectivity index (χ2n) is 4.58. The van der Waals surface area contributed by atoms with Gasteiger partial charge < -0.3 is 15.4 Å². The maximum atomic E-state index is 5.87. The SMILES string of the molecule is CCOc1nc(N(CC)c2ccc(C)cc2)ccc1N. The van der Waals surface area contributed by atoms with Crippen LogP contribution in [0.1, 0.15) is 19.4 Å². The molecular formula is C16H21N3O.